The summed E-state index contributed by atoms with van der Waals surface area (Å²) < 4.78 is 15.0. The Kier molecular flexibility index (Phi) is 5.52. The molecule has 2 heterocycles. The number of fused-ring (bicyclic) bond motifs is 2. The molecule has 0 aliphatic carbocycles. The van der Waals surface area contributed by atoms with E-state index in [1.807, 2.05) is 41.8 Å². The zero-order chi connectivity index (χ0) is 19.5. The molecule has 1 amide bonds. The smallest absolute Gasteiger partial charge is 0.279 e. The monoisotopic (exact) mass is 413 g/mol. The van der Waals surface area contributed by atoms with Crippen molar-refractivity contribution >= 4 is 49.0 Å². The first kappa shape index (κ1) is 18.8. The van der Waals surface area contributed by atoms with Crippen molar-refractivity contribution in [3.63, 3.8) is 0 Å². The van der Waals surface area contributed by atoms with Crippen LogP contribution < -0.4 is 9.54 Å². The molecule has 0 radical (unpaired) electrons. The van der Waals surface area contributed by atoms with E-state index in [1.54, 1.807) is 18.7 Å². The summed E-state index contributed by atoms with van der Waals surface area (Å²) in [6.07, 6.45) is 0. The average Bonchev–Trinajstić information content (AvgIpc) is 3.30. The molecule has 6 nitrogen and oxygen atoms in total. The van der Waals surface area contributed by atoms with Gasteiger partial charge in [0.1, 0.15) is 11.3 Å². The van der Waals surface area contributed by atoms with Crippen LogP contribution in [0, 0.1) is 0 Å². The van der Waals surface area contributed by atoms with Crippen LogP contribution in [-0.4, -0.2) is 35.8 Å². The first-order valence-electron chi connectivity index (χ1n) is 8.87. The maximum atomic E-state index is 12.8. The number of amides is 1. The Bertz CT molecular complexity index is 1210. The number of carbonyl (C=O) groups excluding carboxylic acids is 1. The number of nitrogens with zero attached hydrogens (tertiary/aromatic N) is 3. The Balaban J connectivity index is 1.83. The number of para-hydroxylation sites is 1. The quantitative estimate of drug-likeness (QED) is 0.477. The predicted molar refractivity (Wildman–Crippen MR) is 112 cm³/mol. The first-order chi connectivity index (χ1) is 13.7. The number of rotatable bonds is 6. The summed E-state index contributed by atoms with van der Waals surface area (Å²) >= 11 is 2.98. The molecule has 8 heteroatoms. The third-order valence-electron chi connectivity index (χ3n) is 4.26. The number of benzene rings is 2. The Hall–Kier alpha value is -2.55. The molecule has 0 unspecified atom stereocenters. The minimum Gasteiger partial charge on any atom is -0.492 e. The van der Waals surface area contributed by atoms with E-state index in [0.29, 0.717) is 30.1 Å². The minimum atomic E-state index is -0.272. The maximum Gasteiger partial charge on any atom is 0.279 e. The van der Waals surface area contributed by atoms with Gasteiger partial charge in [0.2, 0.25) is 0 Å². The summed E-state index contributed by atoms with van der Waals surface area (Å²) in [6.45, 7) is 3.62. The Morgan fingerprint density at radius 3 is 2.96 bits per heavy atom. The fourth-order valence-corrected chi connectivity index (χ4v) is 4.77. The second-order valence-corrected chi connectivity index (χ2v) is 7.91. The van der Waals surface area contributed by atoms with Crippen LogP contribution in [-0.2, 0) is 11.3 Å². The van der Waals surface area contributed by atoms with Crippen LogP contribution in [0.1, 0.15) is 17.3 Å². The van der Waals surface area contributed by atoms with Gasteiger partial charge in [-0.3, -0.25) is 4.79 Å². The fraction of sp³-hybridized carbons (Fsp3) is 0.250. The van der Waals surface area contributed by atoms with Crippen LogP contribution >= 0.6 is 22.7 Å². The van der Waals surface area contributed by atoms with Gasteiger partial charge in [-0.25, -0.2) is 4.98 Å². The van der Waals surface area contributed by atoms with Gasteiger partial charge < -0.3 is 14.0 Å². The highest BCUT2D eigenvalue weighted by Gasteiger charge is 2.13. The molecule has 0 N–H and O–H groups in total. The second kappa shape index (κ2) is 8.22. The van der Waals surface area contributed by atoms with Gasteiger partial charge in [-0.05, 0) is 37.3 Å². The lowest BCUT2D eigenvalue weighted by Gasteiger charge is -2.09. The van der Waals surface area contributed by atoms with Crippen molar-refractivity contribution in [2.24, 2.45) is 4.99 Å². The molecule has 0 saturated heterocycles. The summed E-state index contributed by atoms with van der Waals surface area (Å²) in [5.41, 5.74) is 4.16. The Morgan fingerprint density at radius 1 is 1.25 bits per heavy atom. The van der Waals surface area contributed by atoms with Crippen molar-refractivity contribution in [3.05, 3.63) is 52.3 Å². The van der Waals surface area contributed by atoms with Crippen LogP contribution in [0.3, 0.4) is 0 Å². The Labute approximate surface area is 169 Å². The lowest BCUT2D eigenvalue weighted by Crippen LogP contribution is -2.19. The SMILES string of the molecule is CCOc1cccc2sc(=NC(=O)c3ccc4ncsc4c3)n(CCOC)c12. The number of aromatic nitrogens is 2. The average molecular weight is 414 g/mol. The highest BCUT2D eigenvalue weighted by Crippen LogP contribution is 2.28. The summed E-state index contributed by atoms with van der Waals surface area (Å²) in [6, 6.07) is 11.4. The lowest BCUT2D eigenvalue weighted by molar-refractivity contribution is 0.0997. The van der Waals surface area contributed by atoms with E-state index in [9.17, 15) is 4.79 Å². The number of thiazole rings is 2. The molecule has 0 bridgehead atoms. The third kappa shape index (κ3) is 3.58. The molecule has 0 spiro atoms. The number of hydrogen-bond donors (Lipinski definition) is 0. The number of carbonyl (C=O) groups is 1. The molecule has 0 saturated carbocycles. The number of ether oxygens (including phenoxy) is 2. The van der Waals surface area contributed by atoms with E-state index < -0.39 is 0 Å². The number of methoxy groups -OCH3 is 1. The highest BCUT2D eigenvalue weighted by atomic mass is 32.1. The third-order valence-corrected chi connectivity index (χ3v) is 6.09. The molecule has 0 aliphatic heterocycles. The molecular weight excluding hydrogens is 394 g/mol. The molecule has 2 aromatic heterocycles. The van der Waals surface area contributed by atoms with Gasteiger partial charge in [0.15, 0.2) is 4.80 Å². The zero-order valence-electron chi connectivity index (χ0n) is 15.5. The van der Waals surface area contributed by atoms with Crippen molar-refractivity contribution in [3.8, 4) is 5.75 Å². The van der Waals surface area contributed by atoms with E-state index in [1.165, 1.54) is 22.7 Å². The van der Waals surface area contributed by atoms with Crippen LogP contribution in [0.15, 0.2) is 46.9 Å². The Morgan fingerprint density at radius 2 is 2.14 bits per heavy atom. The van der Waals surface area contributed by atoms with Gasteiger partial charge in [0, 0.05) is 19.2 Å². The largest absolute Gasteiger partial charge is 0.492 e. The lowest BCUT2D eigenvalue weighted by atomic mass is 10.2. The molecule has 4 rings (SSSR count). The van der Waals surface area contributed by atoms with Gasteiger partial charge in [-0.2, -0.15) is 4.99 Å². The van der Waals surface area contributed by atoms with Gasteiger partial charge >= 0.3 is 0 Å². The van der Waals surface area contributed by atoms with Gasteiger partial charge in [-0.15, -0.1) is 11.3 Å². The van der Waals surface area contributed by atoms with E-state index in [4.69, 9.17) is 9.47 Å². The van der Waals surface area contributed by atoms with Crippen molar-refractivity contribution in [2.45, 2.75) is 13.5 Å². The van der Waals surface area contributed by atoms with E-state index >= 15 is 0 Å². The standard InChI is InChI=1S/C20H19N3O3S2/c1-3-26-15-5-4-6-16-18(15)23(9-10-25-2)20(28-16)22-19(24)13-7-8-14-17(11-13)27-12-21-14/h4-8,11-12H,3,9-10H2,1-2H3. The minimum absolute atomic E-state index is 0.272. The van der Waals surface area contributed by atoms with E-state index in [-0.39, 0.29) is 5.91 Å². The van der Waals surface area contributed by atoms with Gasteiger partial charge in [0.05, 0.1) is 33.6 Å². The molecule has 0 aliphatic rings. The molecule has 0 fully saturated rings. The van der Waals surface area contributed by atoms with Crippen molar-refractivity contribution in [2.75, 3.05) is 20.3 Å². The summed E-state index contributed by atoms with van der Waals surface area (Å²) in [5, 5.41) is 0. The molecular formula is C20H19N3O3S2. The molecule has 4 aromatic rings. The van der Waals surface area contributed by atoms with E-state index in [0.717, 1.165) is 26.2 Å². The molecule has 0 atom stereocenters. The van der Waals surface area contributed by atoms with Crippen LogP contribution in [0.2, 0.25) is 0 Å². The van der Waals surface area contributed by atoms with Crippen LogP contribution in [0.5, 0.6) is 5.75 Å². The van der Waals surface area contributed by atoms with Gasteiger partial charge in [-0.1, -0.05) is 17.4 Å². The number of hydrogen-bond acceptors (Lipinski definition) is 6. The first-order valence-corrected chi connectivity index (χ1v) is 10.6. The normalized spacial score (nSPS) is 12.1. The second-order valence-electron chi connectivity index (χ2n) is 6.02. The molecule has 144 valence electrons. The molecule has 2 aromatic carbocycles. The summed E-state index contributed by atoms with van der Waals surface area (Å²) in [4.78, 5) is 22.2. The van der Waals surface area contributed by atoms with Gasteiger partial charge in [0.25, 0.3) is 5.91 Å². The summed E-state index contributed by atoms with van der Waals surface area (Å²) in [5.74, 6) is 0.512. The van der Waals surface area contributed by atoms with Crippen molar-refractivity contribution in [1.82, 2.24) is 9.55 Å². The van der Waals surface area contributed by atoms with Crippen molar-refractivity contribution in [1.29, 1.82) is 0 Å². The maximum absolute atomic E-state index is 12.8. The van der Waals surface area contributed by atoms with Crippen molar-refractivity contribution < 1.29 is 14.3 Å². The zero-order valence-corrected chi connectivity index (χ0v) is 17.2. The predicted octanol–water partition coefficient (Wildman–Crippen LogP) is 4.10. The van der Waals surface area contributed by atoms with Crippen LogP contribution in [0.4, 0.5) is 0 Å². The topological polar surface area (TPSA) is 65.7 Å². The highest BCUT2D eigenvalue weighted by molar-refractivity contribution is 7.17. The fourth-order valence-electron chi connectivity index (χ4n) is 2.98. The molecule has 28 heavy (non-hydrogen) atoms. The van der Waals surface area contributed by atoms with E-state index in [2.05, 4.69) is 9.98 Å². The summed E-state index contributed by atoms with van der Waals surface area (Å²) in [7, 11) is 1.66. The van der Waals surface area contributed by atoms with Crippen LogP contribution in [0.25, 0.3) is 20.4 Å².